The van der Waals surface area contributed by atoms with Gasteiger partial charge in [0.15, 0.2) is 5.82 Å². The average molecular weight is 311 g/mol. The number of carbonyl (C=O) groups excluding carboxylic acids is 1. The molecule has 1 heterocycles. The Bertz CT molecular complexity index is 570. The number of thioether (sulfide) groups is 1. The van der Waals surface area contributed by atoms with Crippen LogP contribution in [0.3, 0.4) is 0 Å². The predicted molar refractivity (Wildman–Crippen MR) is 80.9 cm³/mol. The molecule has 0 radical (unpaired) electrons. The second-order valence-corrected chi connectivity index (χ2v) is 5.49. The van der Waals surface area contributed by atoms with Crippen molar-refractivity contribution >= 4 is 29.3 Å². The van der Waals surface area contributed by atoms with E-state index in [9.17, 15) is 4.79 Å². The van der Waals surface area contributed by atoms with Gasteiger partial charge in [-0.25, -0.2) is 4.98 Å². The molecule has 2 rings (SSSR count). The maximum absolute atomic E-state index is 11.5. The zero-order chi connectivity index (χ0) is 14.4. The van der Waals surface area contributed by atoms with Gasteiger partial charge in [-0.1, -0.05) is 30.3 Å². The first-order chi connectivity index (χ1) is 9.69. The van der Waals surface area contributed by atoms with Crippen molar-refractivity contribution in [2.24, 2.45) is 0 Å². The van der Waals surface area contributed by atoms with E-state index in [2.05, 4.69) is 20.5 Å². The zero-order valence-electron chi connectivity index (χ0n) is 11.0. The van der Waals surface area contributed by atoms with Crippen LogP contribution in [0.5, 0.6) is 0 Å². The minimum absolute atomic E-state index is 0.00491. The number of carbonyl (C=O) groups is 1. The lowest BCUT2D eigenvalue weighted by atomic mass is 10.2. The Labute approximate surface area is 126 Å². The van der Waals surface area contributed by atoms with Crippen LogP contribution in [0.25, 0.3) is 11.4 Å². The van der Waals surface area contributed by atoms with Gasteiger partial charge in [-0.3, -0.25) is 9.89 Å². The van der Waals surface area contributed by atoms with Gasteiger partial charge in [-0.05, 0) is 30.7 Å². The Kier molecular flexibility index (Phi) is 5.43. The third-order valence-corrected chi connectivity index (χ3v) is 3.59. The maximum Gasteiger partial charge on any atom is 0.230 e. The number of nitrogens with zero attached hydrogens (tertiary/aromatic N) is 2. The number of amides is 1. The summed E-state index contributed by atoms with van der Waals surface area (Å²) < 4.78 is 0. The molecular formula is C13H15ClN4OS. The van der Waals surface area contributed by atoms with E-state index < -0.39 is 0 Å². The van der Waals surface area contributed by atoms with Crippen molar-refractivity contribution in [2.45, 2.75) is 18.5 Å². The molecule has 0 aliphatic carbocycles. The van der Waals surface area contributed by atoms with Crippen LogP contribution in [0, 0.1) is 0 Å². The lowest BCUT2D eigenvalue weighted by Crippen LogP contribution is -2.25. The van der Waals surface area contributed by atoms with Gasteiger partial charge in [-0.15, -0.1) is 5.10 Å². The standard InChI is InChI=1S/C13H15ClN4OS/c1-2-7-15-11(19)8-20-13-16-12(17-18-13)9-3-5-10(14)6-4-9/h3-6H,2,7-8H2,1H3,(H,15,19)(H,16,17,18). The number of halogens is 1. The molecule has 7 heteroatoms. The molecule has 2 aromatic rings. The van der Waals surface area contributed by atoms with Crippen LogP contribution < -0.4 is 5.32 Å². The number of nitrogens with one attached hydrogen (secondary N) is 2. The van der Waals surface area contributed by atoms with E-state index in [4.69, 9.17) is 11.6 Å². The number of H-pyrrole nitrogens is 1. The Morgan fingerprint density at radius 1 is 1.40 bits per heavy atom. The van der Waals surface area contributed by atoms with E-state index in [1.165, 1.54) is 11.8 Å². The second-order valence-electron chi connectivity index (χ2n) is 4.11. The number of hydrogen-bond acceptors (Lipinski definition) is 4. The van der Waals surface area contributed by atoms with Crippen LogP contribution in [-0.4, -0.2) is 33.4 Å². The summed E-state index contributed by atoms with van der Waals surface area (Å²) in [6.45, 7) is 2.71. The molecular weight excluding hydrogens is 296 g/mol. The predicted octanol–water partition coefficient (Wildman–Crippen LogP) is 2.74. The topological polar surface area (TPSA) is 70.7 Å². The molecule has 0 bridgehead atoms. The Hall–Kier alpha value is -1.53. The normalized spacial score (nSPS) is 10.5. The summed E-state index contributed by atoms with van der Waals surface area (Å²) in [4.78, 5) is 15.8. The number of benzene rings is 1. The van der Waals surface area contributed by atoms with Gasteiger partial charge in [0, 0.05) is 17.1 Å². The Morgan fingerprint density at radius 3 is 2.85 bits per heavy atom. The highest BCUT2D eigenvalue weighted by atomic mass is 35.5. The minimum atomic E-state index is -0.00491. The summed E-state index contributed by atoms with van der Waals surface area (Å²) in [5.41, 5.74) is 0.907. The van der Waals surface area contributed by atoms with Crippen LogP contribution in [0.1, 0.15) is 13.3 Å². The fourth-order valence-corrected chi connectivity index (χ4v) is 2.25. The molecule has 1 aromatic heterocycles. The summed E-state index contributed by atoms with van der Waals surface area (Å²) >= 11 is 7.14. The third kappa shape index (κ3) is 4.25. The van der Waals surface area contributed by atoms with Gasteiger partial charge >= 0.3 is 0 Å². The quantitative estimate of drug-likeness (QED) is 0.805. The van der Waals surface area contributed by atoms with Gasteiger partial charge in [0.25, 0.3) is 0 Å². The van der Waals surface area contributed by atoms with E-state index in [-0.39, 0.29) is 5.91 Å². The molecule has 0 aliphatic rings. The van der Waals surface area contributed by atoms with E-state index in [1.807, 2.05) is 19.1 Å². The number of aromatic amines is 1. The van der Waals surface area contributed by atoms with E-state index in [0.717, 1.165) is 12.0 Å². The second kappa shape index (κ2) is 7.31. The first-order valence-corrected chi connectivity index (χ1v) is 7.63. The van der Waals surface area contributed by atoms with Crippen molar-refractivity contribution < 1.29 is 4.79 Å². The third-order valence-electron chi connectivity index (χ3n) is 2.49. The first kappa shape index (κ1) is 14.9. The maximum atomic E-state index is 11.5. The minimum Gasteiger partial charge on any atom is -0.355 e. The summed E-state index contributed by atoms with van der Waals surface area (Å²) in [7, 11) is 0. The van der Waals surface area contributed by atoms with E-state index in [1.54, 1.807) is 12.1 Å². The molecule has 0 saturated heterocycles. The highest BCUT2D eigenvalue weighted by Gasteiger charge is 2.08. The molecule has 20 heavy (non-hydrogen) atoms. The molecule has 106 valence electrons. The SMILES string of the molecule is CCCNC(=O)CSc1n[nH]c(-c2ccc(Cl)cc2)n1. The zero-order valence-corrected chi connectivity index (χ0v) is 12.6. The summed E-state index contributed by atoms with van der Waals surface area (Å²) in [5, 5.41) is 11.0. The van der Waals surface area contributed by atoms with Gasteiger partial charge in [-0.2, -0.15) is 0 Å². The summed E-state index contributed by atoms with van der Waals surface area (Å²) in [6.07, 6.45) is 0.928. The van der Waals surface area contributed by atoms with Gasteiger partial charge in [0.05, 0.1) is 5.75 Å². The molecule has 1 amide bonds. The van der Waals surface area contributed by atoms with Crippen molar-refractivity contribution in [3.05, 3.63) is 29.3 Å². The van der Waals surface area contributed by atoms with Crippen molar-refractivity contribution in [2.75, 3.05) is 12.3 Å². The largest absolute Gasteiger partial charge is 0.355 e. The molecule has 0 unspecified atom stereocenters. The Balaban J connectivity index is 1.92. The van der Waals surface area contributed by atoms with Crippen LogP contribution in [0.4, 0.5) is 0 Å². The van der Waals surface area contributed by atoms with Gasteiger partial charge in [0.1, 0.15) is 0 Å². The van der Waals surface area contributed by atoms with Crippen LogP contribution in [0.15, 0.2) is 29.4 Å². The number of aromatic nitrogens is 3. The van der Waals surface area contributed by atoms with Crippen molar-refractivity contribution in [3.8, 4) is 11.4 Å². The lowest BCUT2D eigenvalue weighted by molar-refractivity contribution is -0.118. The highest BCUT2D eigenvalue weighted by Crippen LogP contribution is 2.20. The first-order valence-electron chi connectivity index (χ1n) is 6.27. The van der Waals surface area contributed by atoms with Crippen molar-refractivity contribution in [1.29, 1.82) is 0 Å². The number of rotatable bonds is 6. The van der Waals surface area contributed by atoms with Crippen LogP contribution in [-0.2, 0) is 4.79 Å². The highest BCUT2D eigenvalue weighted by molar-refractivity contribution is 7.99. The summed E-state index contributed by atoms with van der Waals surface area (Å²) in [6, 6.07) is 7.32. The number of hydrogen-bond donors (Lipinski definition) is 2. The smallest absolute Gasteiger partial charge is 0.230 e. The van der Waals surface area contributed by atoms with Crippen molar-refractivity contribution in [3.63, 3.8) is 0 Å². The molecule has 5 nitrogen and oxygen atoms in total. The molecule has 0 aliphatic heterocycles. The Morgan fingerprint density at radius 2 is 2.15 bits per heavy atom. The molecule has 0 atom stereocenters. The monoisotopic (exact) mass is 310 g/mol. The molecule has 0 spiro atoms. The molecule has 1 aromatic carbocycles. The van der Waals surface area contributed by atoms with E-state index >= 15 is 0 Å². The summed E-state index contributed by atoms with van der Waals surface area (Å²) in [5.74, 6) is 0.977. The van der Waals surface area contributed by atoms with Gasteiger partial charge in [0.2, 0.25) is 11.1 Å². The fourth-order valence-electron chi connectivity index (χ4n) is 1.49. The van der Waals surface area contributed by atoms with Crippen molar-refractivity contribution in [1.82, 2.24) is 20.5 Å². The molecule has 0 saturated carbocycles. The van der Waals surface area contributed by atoms with Gasteiger partial charge < -0.3 is 5.32 Å². The van der Waals surface area contributed by atoms with Crippen LogP contribution >= 0.6 is 23.4 Å². The average Bonchev–Trinajstić information content (AvgIpc) is 2.92. The molecule has 2 N–H and O–H groups in total. The fraction of sp³-hybridized carbons (Fsp3) is 0.308. The van der Waals surface area contributed by atoms with E-state index in [0.29, 0.717) is 28.3 Å². The lowest BCUT2D eigenvalue weighted by Gasteiger charge is -2.00. The van der Waals surface area contributed by atoms with Crippen LogP contribution in [0.2, 0.25) is 5.02 Å². The molecule has 0 fully saturated rings.